The summed E-state index contributed by atoms with van der Waals surface area (Å²) in [5, 5.41) is 3.78. The second-order valence-electron chi connectivity index (χ2n) is 6.43. The van der Waals surface area contributed by atoms with Gasteiger partial charge in [0.25, 0.3) is 0 Å². The van der Waals surface area contributed by atoms with E-state index in [-0.39, 0.29) is 0 Å². The maximum absolute atomic E-state index is 3.78. The summed E-state index contributed by atoms with van der Waals surface area (Å²) in [6, 6.07) is 1.47. The number of nitrogens with zero attached hydrogens (tertiary/aromatic N) is 1. The zero-order chi connectivity index (χ0) is 13.5. The van der Waals surface area contributed by atoms with Crippen LogP contribution in [0.5, 0.6) is 0 Å². The van der Waals surface area contributed by atoms with Crippen LogP contribution < -0.4 is 5.32 Å². The van der Waals surface area contributed by atoms with Gasteiger partial charge in [0.05, 0.1) is 0 Å². The van der Waals surface area contributed by atoms with Gasteiger partial charge < -0.3 is 10.2 Å². The van der Waals surface area contributed by atoms with Crippen molar-refractivity contribution in [1.29, 1.82) is 0 Å². The lowest BCUT2D eigenvalue weighted by molar-refractivity contribution is 0.102. The second-order valence-corrected chi connectivity index (χ2v) is 6.43. The standard InChI is InChI=1S/C16H34N2/c1-6-10-17-15-9-8-14(13(3)4)12-16(15)18(5)11-7-2/h13-17H,6-12H2,1-5H3. The summed E-state index contributed by atoms with van der Waals surface area (Å²) < 4.78 is 0. The molecule has 108 valence electrons. The molecule has 18 heavy (non-hydrogen) atoms. The fourth-order valence-corrected chi connectivity index (χ4v) is 3.36. The second kappa shape index (κ2) is 8.16. The Kier molecular flexibility index (Phi) is 7.25. The van der Waals surface area contributed by atoms with Crippen molar-refractivity contribution in [2.45, 2.75) is 71.9 Å². The van der Waals surface area contributed by atoms with Crippen molar-refractivity contribution in [3.05, 3.63) is 0 Å². The fraction of sp³-hybridized carbons (Fsp3) is 1.00. The number of rotatable bonds is 7. The van der Waals surface area contributed by atoms with Crippen LogP contribution in [-0.2, 0) is 0 Å². The van der Waals surface area contributed by atoms with Crippen LogP contribution in [0.25, 0.3) is 0 Å². The zero-order valence-electron chi connectivity index (χ0n) is 13.2. The van der Waals surface area contributed by atoms with Gasteiger partial charge in [0.2, 0.25) is 0 Å². The average molecular weight is 254 g/mol. The van der Waals surface area contributed by atoms with Crippen molar-refractivity contribution in [3.8, 4) is 0 Å². The lowest BCUT2D eigenvalue weighted by Crippen LogP contribution is -2.52. The van der Waals surface area contributed by atoms with Gasteiger partial charge in [-0.05, 0) is 64.1 Å². The highest BCUT2D eigenvalue weighted by Gasteiger charge is 2.33. The minimum Gasteiger partial charge on any atom is -0.312 e. The van der Waals surface area contributed by atoms with Gasteiger partial charge >= 0.3 is 0 Å². The molecule has 0 aromatic carbocycles. The molecule has 2 nitrogen and oxygen atoms in total. The van der Waals surface area contributed by atoms with Gasteiger partial charge in [0.1, 0.15) is 0 Å². The summed E-state index contributed by atoms with van der Waals surface area (Å²) in [6.07, 6.45) is 6.67. The van der Waals surface area contributed by atoms with Gasteiger partial charge in [-0.1, -0.05) is 27.7 Å². The molecule has 1 fully saturated rings. The average Bonchev–Trinajstić information content (AvgIpc) is 2.36. The van der Waals surface area contributed by atoms with Crippen molar-refractivity contribution < 1.29 is 0 Å². The molecule has 1 aliphatic carbocycles. The first-order valence-electron chi connectivity index (χ1n) is 8.03. The van der Waals surface area contributed by atoms with E-state index in [1.807, 2.05) is 0 Å². The third-order valence-electron chi connectivity index (χ3n) is 4.60. The highest BCUT2D eigenvalue weighted by atomic mass is 15.2. The Balaban J connectivity index is 2.60. The highest BCUT2D eigenvalue weighted by molar-refractivity contribution is 4.91. The first-order valence-corrected chi connectivity index (χ1v) is 8.03. The Bertz CT molecular complexity index is 215. The Labute approximate surface area is 115 Å². The van der Waals surface area contributed by atoms with Gasteiger partial charge in [-0.15, -0.1) is 0 Å². The third-order valence-corrected chi connectivity index (χ3v) is 4.60. The van der Waals surface area contributed by atoms with Crippen LogP contribution in [0.4, 0.5) is 0 Å². The van der Waals surface area contributed by atoms with E-state index in [2.05, 4.69) is 45.0 Å². The van der Waals surface area contributed by atoms with Gasteiger partial charge in [0.15, 0.2) is 0 Å². The molecule has 1 saturated carbocycles. The molecule has 1 aliphatic rings. The topological polar surface area (TPSA) is 15.3 Å². The van der Waals surface area contributed by atoms with Crippen LogP contribution in [0, 0.1) is 11.8 Å². The van der Waals surface area contributed by atoms with Crippen LogP contribution in [0.2, 0.25) is 0 Å². The van der Waals surface area contributed by atoms with E-state index < -0.39 is 0 Å². The predicted molar refractivity (Wildman–Crippen MR) is 81.0 cm³/mol. The normalized spacial score (nSPS) is 29.2. The summed E-state index contributed by atoms with van der Waals surface area (Å²) in [5.74, 6) is 1.77. The molecule has 0 amide bonds. The Morgan fingerprint density at radius 1 is 1.17 bits per heavy atom. The van der Waals surface area contributed by atoms with Crippen molar-refractivity contribution in [2.24, 2.45) is 11.8 Å². The van der Waals surface area contributed by atoms with E-state index in [0.717, 1.165) is 23.9 Å². The molecule has 0 spiro atoms. The molecule has 1 N–H and O–H groups in total. The SMILES string of the molecule is CCCNC1CCC(C(C)C)CC1N(C)CCC. The van der Waals surface area contributed by atoms with Crippen LogP contribution in [0.3, 0.4) is 0 Å². The molecular weight excluding hydrogens is 220 g/mol. The lowest BCUT2D eigenvalue weighted by Gasteiger charge is -2.43. The molecule has 1 rings (SSSR count). The number of nitrogens with one attached hydrogen (secondary N) is 1. The minimum atomic E-state index is 0.719. The van der Waals surface area contributed by atoms with Crippen molar-refractivity contribution >= 4 is 0 Å². The van der Waals surface area contributed by atoms with Crippen LogP contribution in [0.1, 0.15) is 59.8 Å². The Morgan fingerprint density at radius 3 is 2.44 bits per heavy atom. The van der Waals surface area contributed by atoms with Crippen molar-refractivity contribution in [1.82, 2.24) is 10.2 Å². The molecule has 3 unspecified atom stereocenters. The number of hydrogen-bond donors (Lipinski definition) is 1. The van der Waals surface area contributed by atoms with E-state index >= 15 is 0 Å². The monoisotopic (exact) mass is 254 g/mol. The van der Waals surface area contributed by atoms with Crippen LogP contribution >= 0.6 is 0 Å². The summed E-state index contributed by atoms with van der Waals surface area (Å²) in [6.45, 7) is 11.7. The summed E-state index contributed by atoms with van der Waals surface area (Å²) in [5.41, 5.74) is 0. The van der Waals surface area contributed by atoms with E-state index in [1.54, 1.807) is 0 Å². The zero-order valence-corrected chi connectivity index (χ0v) is 13.2. The largest absolute Gasteiger partial charge is 0.312 e. The summed E-state index contributed by atoms with van der Waals surface area (Å²) in [4.78, 5) is 2.60. The molecule has 0 aromatic rings. The lowest BCUT2D eigenvalue weighted by atomic mass is 9.76. The molecule has 0 aromatic heterocycles. The van der Waals surface area contributed by atoms with E-state index in [4.69, 9.17) is 0 Å². The maximum atomic E-state index is 3.78. The molecule has 2 heteroatoms. The summed E-state index contributed by atoms with van der Waals surface area (Å²) in [7, 11) is 2.32. The molecule has 3 atom stereocenters. The van der Waals surface area contributed by atoms with Gasteiger partial charge in [-0.3, -0.25) is 0 Å². The Morgan fingerprint density at radius 2 is 1.89 bits per heavy atom. The number of hydrogen-bond acceptors (Lipinski definition) is 2. The van der Waals surface area contributed by atoms with Crippen molar-refractivity contribution in [3.63, 3.8) is 0 Å². The smallest absolute Gasteiger partial charge is 0.0249 e. The predicted octanol–water partition coefficient (Wildman–Crippen LogP) is 3.52. The molecule has 0 aliphatic heterocycles. The molecular formula is C16H34N2. The first-order chi connectivity index (χ1) is 8.60. The van der Waals surface area contributed by atoms with E-state index in [0.29, 0.717) is 0 Å². The minimum absolute atomic E-state index is 0.719. The quantitative estimate of drug-likeness (QED) is 0.748. The van der Waals surface area contributed by atoms with Crippen LogP contribution in [-0.4, -0.2) is 37.1 Å². The van der Waals surface area contributed by atoms with Gasteiger partial charge in [0, 0.05) is 12.1 Å². The molecule has 0 radical (unpaired) electrons. The number of likely N-dealkylation sites (N-methyl/N-ethyl adjacent to an activating group) is 1. The van der Waals surface area contributed by atoms with E-state index in [1.165, 1.54) is 45.2 Å². The van der Waals surface area contributed by atoms with Gasteiger partial charge in [-0.2, -0.15) is 0 Å². The third kappa shape index (κ3) is 4.55. The summed E-state index contributed by atoms with van der Waals surface area (Å²) >= 11 is 0. The van der Waals surface area contributed by atoms with Crippen molar-refractivity contribution in [2.75, 3.05) is 20.1 Å². The molecule has 0 heterocycles. The van der Waals surface area contributed by atoms with Gasteiger partial charge in [-0.25, -0.2) is 0 Å². The highest BCUT2D eigenvalue weighted by Crippen LogP contribution is 2.32. The molecule has 0 saturated heterocycles. The van der Waals surface area contributed by atoms with E-state index in [9.17, 15) is 0 Å². The maximum Gasteiger partial charge on any atom is 0.0249 e. The first kappa shape index (κ1) is 16.0. The fourth-order valence-electron chi connectivity index (χ4n) is 3.36. The molecule has 0 bridgehead atoms. The Hall–Kier alpha value is -0.0800. The van der Waals surface area contributed by atoms with Crippen LogP contribution in [0.15, 0.2) is 0 Å².